The van der Waals surface area contributed by atoms with E-state index < -0.39 is 0 Å². The van der Waals surface area contributed by atoms with E-state index >= 15 is 0 Å². The molecule has 114 valence electrons. The van der Waals surface area contributed by atoms with Crippen molar-refractivity contribution in [3.05, 3.63) is 50.7 Å². The van der Waals surface area contributed by atoms with Crippen LogP contribution in [0.15, 0.2) is 28.7 Å². The number of rotatable bonds is 6. The van der Waals surface area contributed by atoms with Gasteiger partial charge in [-0.05, 0) is 47.8 Å². The Bertz CT molecular complexity index is 610. The zero-order valence-corrected chi connectivity index (χ0v) is 15.0. The van der Waals surface area contributed by atoms with Gasteiger partial charge >= 0.3 is 0 Å². The van der Waals surface area contributed by atoms with Gasteiger partial charge in [0.15, 0.2) is 0 Å². The fraction of sp³-hybridized carbons (Fsp3) is 0.438. The molecule has 0 amide bonds. The van der Waals surface area contributed by atoms with E-state index in [9.17, 15) is 0 Å². The predicted octanol–water partition coefficient (Wildman–Crippen LogP) is 4.73. The van der Waals surface area contributed by atoms with Crippen LogP contribution >= 0.6 is 27.5 Å². The average molecular weight is 371 g/mol. The van der Waals surface area contributed by atoms with Crippen molar-refractivity contribution in [2.24, 2.45) is 0 Å². The summed E-state index contributed by atoms with van der Waals surface area (Å²) in [4.78, 5) is 0. The highest BCUT2D eigenvalue weighted by Gasteiger charge is 2.15. The third-order valence-electron chi connectivity index (χ3n) is 3.64. The number of hydrogen-bond acceptors (Lipinski definition) is 2. The first-order valence-corrected chi connectivity index (χ1v) is 8.47. The van der Waals surface area contributed by atoms with Crippen LogP contribution in [0.25, 0.3) is 0 Å². The Balaban J connectivity index is 2.13. The molecule has 1 atom stereocenters. The van der Waals surface area contributed by atoms with Crippen molar-refractivity contribution in [3.8, 4) is 0 Å². The molecule has 0 aliphatic heterocycles. The lowest BCUT2D eigenvalue weighted by molar-refractivity contribution is 0.529. The molecule has 2 aromatic rings. The molecule has 5 heteroatoms. The smallest absolute Gasteiger partial charge is 0.0767 e. The maximum absolute atomic E-state index is 6.25. The van der Waals surface area contributed by atoms with Crippen LogP contribution in [0, 0.1) is 0 Å². The van der Waals surface area contributed by atoms with Gasteiger partial charge in [-0.2, -0.15) is 5.10 Å². The van der Waals surface area contributed by atoms with Crippen molar-refractivity contribution in [1.82, 2.24) is 15.1 Å². The first kappa shape index (κ1) is 16.5. The Morgan fingerprint density at radius 3 is 2.67 bits per heavy atom. The van der Waals surface area contributed by atoms with Crippen molar-refractivity contribution < 1.29 is 0 Å². The number of nitrogens with one attached hydrogen (secondary N) is 1. The summed E-state index contributed by atoms with van der Waals surface area (Å²) < 4.78 is 3.17. The van der Waals surface area contributed by atoms with E-state index in [4.69, 9.17) is 11.6 Å². The third-order valence-corrected chi connectivity index (χ3v) is 4.90. The summed E-state index contributed by atoms with van der Waals surface area (Å²) in [6.07, 6.45) is 0.931. The van der Waals surface area contributed by atoms with E-state index in [0.29, 0.717) is 0 Å². The maximum Gasteiger partial charge on any atom is 0.0767 e. The first-order chi connectivity index (χ1) is 10.1. The van der Waals surface area contributed by atoms with Gasteiger partial charge in [-0.3, -0.25) is 4.68 Å². The summed E-state index contributed by atoms with van der Waals surface area (Å²) in [6, 6.07) is 8.14. The van der Waals surface area contributed by atoms with Gasteiger partial charge in [0.25, 0.3) is 0 Å². The average Bonchev–Trinajstić information content (AvgIpc) is 2.80. The second-order valence-electron chi connectivity index (χ2n) is 5.00. The van der Waals surface area contributed by atoms with E-state index in [-0.39, 0.29) is 6.04 Å². The summed E-state index contributed by atoms with van der Waals surface area (Å²) in [5.74, 6) is 0. The van der Waals surface area contributed by atoms with Crippen LogP contribution in [0.3, 0.4) is 0 Å². The molecule has 0 bridgehead atoms. The Morgan fingerprint density at radius 2 is 2.05 bits per heavy atom. The molecular weight excluding hydrogens is 350 g/mol. The highest BCUT2D eigenvalue weighted by Crippen LogP contribution is 2.25. The second-order valence-corrected chi connectivity index (χ2v) is 6.20. The molecule has 0 fully saturated rings. The normalized spacial score (nSPS) is 12.6. The second kappa shape index (κ2) is 7.43. The number of benzene rings is 1. The molecule has 2 rings (SSSR count). The van der Waals surface area contributed by atoms with Gasteiger partial charge in [-0.1, -0.05) is 36.7 Å². The summed E-state index contributed by atoms with van der Waals surface area (Å²) in [6.45, 7) is 7.99. The summed E-state index contributed by atoms with van der Waals surface area (Å²) >= 11 is 9.92. The summed E-state index contributed by atoms with van der Waals surface area (Å²) in [5.41, 5.74) is 3.42. The number of aromatic nitrogens is 2. The lowest BCUT2D eigenvalue weighted by Crippen LogP contribution is -2.20. The molecule has 1 aromatic heterocycles. The lowest BCUT2D eigenvalue weighted by Gasteiger charge is -2.16. The van der Waals surface area contributed by atoms with Gasteiger partial charge in [0.2, 0.25) is 0 Å². The van der Waals surface area contributed by atoms with Crippen LogP contribution in [-0.2, 0) is 19.5 Å². The number of halogens is 2. The molecule has 21 heavy (non-hydrogen) atoms. The monoisotopic (exact) mass is 369 g/mol. The van der Waals surface area contributed by atoms with Crippen LogP contribution in [-0.4, -0.2) is 9.78 Å². The predicted molar refractivity (Wildman–Crippen MR) is 91.7 cm³/mol. The standard InChI is InChI=1S/C16H21BrClN3/c1-4-14-16(17)15(21(5-2)20-14)10-19-11(3)12-8-6-7-9-13(12)18/h6-9,11,19H,4-5,10H2,1-3H3. The van der Waals surface area contributed by atoms with Crippen LogP contribution in [0.1, 0.15) is 43.8 Å². The Hall–Kier alpha value is -0.840. The van der Waals surface area contributed by atoms with Crippen molar-refractivity contribution in [1.29, 1.82) is 0 Å². The minimum absolute atomic E-state index is 0.191. The highest BCUT2D eigenvalue weighted by molar-refractivity contribution is 9.10. The van der Waals surface area contributed by atoms with E-state index in [1.54, 1.807) is 0 Å². The molecule has 1 unspecified atom stereocenters. The molecule has 0 radical (unpaired) electrons. The van der Waals surface area contributed by atoms with E-state index in [1.165, 1.54) is 5.69 Å². The lowest BCUT2D eigenvalue weighted by atomic mass is 10.1. The van der Waals surface area contributed by atoms with Gasteiger partial charge in [0.05, 0.1) is 15.9 Å². The van der Waals surface area contributed by atoms with Crippen molar-refractivity contribution in [3.63, 3.8) is 0 Å². The molecule has 0 aliphatic carbocycles. The van der Waals surface area contributed by atoms with Crippen molar-refractivity contribution >= 4 is 27.5 Å². The zero-order valence-electron chi connectivity index (χ0n) is 12.7. The van der Waals surface area contributed by atoms with Gasteiger partial charge < -0.3 is 5.32 Å². The Morgan fingerprint density at radius 1 is 1.33 bits per heavy atom. The molecule has 0 saturated carbocycles. The number of nitrogens with zero attached hydrogens (tertiary/aromatic N) is 2. The zero-order chi connectivity index (χ0) is 15.4. The fourth-order valence-electron chi connectivity index (χ4n) is 2.37. The highest BCUT2D eigenvalue weighted by atomic mass is 79.9. The van der Waals surface area contributed by atoms with Crippen molar-refractivity contribution in [2.45, 2.75) is 46.3 Å². The Kier molecular flexibility index (Phi) is 5.85. The minimum Gasteiger partial charge on any atom is -0.304 e. The topological polar surface area (TPSA) is 29.9 Å². The van der Waals surface area contributed by atoms with Crippen LogP contribution in [0.4, 0.5) is 0 Å². The SMILES string of the molecule is CCc1nn(CC)c(CNC(C)c2ccccc2Cl)c1Br. The molecule has 3 nitrogen and oxygen atoms in total. The summed E-state index contributed by atoms with van der Waals surface area (Å²) in [7, 11) is 0. The van der Waals surface area contributed by atoms with E-state index in [0.717, 1.165) is 40.3 Å². The minimum atomic E-state index is 0.191. The molecule has 1 N–H and O–H groups in total. The van der Waals surface area contributed by atoms with E-state index in [1.807, 2.05) is 18.2 Å². The van der Waals surface area contributed by atoms with Gasteiger partial charge in [0, 0.05) is 24.2 Å². The van der Waals surface area contributed by atoms with E-state index in [2.05, 4.69) is 57.9 Å². The fourth-order valence-corrected chi connectivity index (χ4v) is 3.38. The number of aryl methyl sites for hydroxylation is 2. The van der Waals surface area contributed by atoms with Crippen LogP contribution in [0.2, 0.25) is 5.02 Å². The Labute approximate surface area is 139 Å². The first-order valence-electron chi connectivity index (χ1n) is 7.30. The summed E-state index contributed by atoms with van der Waals surface area (Å²) in [5, 5.41) is 8.95. The van der Waals surface area contributed by atoms with Gasteiger partial charge in [0.1, 0.15) is 0 Å². The largest absolute Gasteiger partial charge is 0.304 e. The molecular formula is C16H21BrClN3. The van der Waals surface area contributed by atoms with Crippen LogP contribution in [0.5, 0.6) is 0 Å². The maximum atomic E-state index is 6.25. The molecule has 1 heterocycles. The molecule has 1 aromatic carbocycles. The number of hydrogen-bond donors (Lipinski definition) is 1. The molecule has 0 aliphatic rings. The molecule has 0 saturated heterocycles. The van der Waals surface area contributed by atoms with Crippen molar-refractivity contribution in [2.75, 3.05) is 0 Å². The van der Waals surface area contributed by atoms with Gasteiger partial charge in [-0.25, -0.2) is 0 Å². The third kappa shape index (κ3) is 3.68. The quantitative estimate of drug-likeness (QED) is 0.796. The van der Waals surface area contributed by atoms with Crippen LogP contribution < -0.4 is 5.32 Å². The molecule has 0 spiro atoms. The van der Waals surface area contributed by atoms with Gasteiger partial charge in [-0.15, -0.1) is 0 Å².